The molecule has 2 aromatic rings. The first-order valence-corrected chi connectivity index (χ1v) is 9.11. The molecule has 3 rings (SSSR count). The van der Waals surface area contributed by atoms with Crippen LogP contribution < -0.4 is 4.90 Å². The lowest BCUT2D eigenvalue weighted by Crippen LogP contribution is -2.28. The van der Waals surface area contributed by atoms with E-state index in [0.717, 1.165) is 12.1 Å². The van der Waals surface area contributed by atoms with E-state index in [4.69, 9.17) is 9.47 Å². The molecule has 1 unspecified atom stereocenters. The maximum absolute atomic E-state index is 13.7. The Morgan fingerprint density at radius 1 is 1.00 bits per heavy atom. The van der Waals surface area contributed by atoms with Crippen molar-refractivity contribution in [3.63, 3.8) is 0 Å². The van der Waals surface area contributed by atoms with Gasteiger partial charge in [0.1, 0.15) is 5.37 Å². The van der Waals surface area contributed by atoms with E-state index in [9.17, 15) is 23.2 Å². The number of benzene rings is 2. The highest BCUT2D eigenvalue weighted by molar-refractivity contribution is 8.00. The van der Waals surface area contributed by atoms with Gasteiger partial charge >= 0.3 is 11.9 Å². The second-order valence-electron chi connectivity index (χ2n) is 5.85. The molecular formula is C19H15F2NO5S. The van der Waals surface area contributed by atoms with Crippen molar-refractivity contribution in [3.8, 4) is 0 Å². The van der Waals surface area contributed by atoms with Gasteiger partial charge in [-0.25, -0.2) is 18.4 Å². The predicted octanol–water partition coefficient (Wildman–Crippen LogP) is 3.32. The van der Waals surface area contributed by atoms with Gasteiger partial charge in [0.15, 0.2) is 11.6 Å². The van der Waals surface area contributed by atoms with Crippen LogP contribution in [0, 0.1) is 11.6 Å². The van der Waals surface area contributed by atoms with Crippen molar-refractivity contribution in [1.29, 1.82) is 0 Å². The van der Waals surface area contributed by atoms with Gasteiger partial charge in [0.25, 0.3) is 0 Å². The number of anilines is 1. The average molecular weight is 407 g/mol. The summed E-state index contributed by atoms with van der Waals surface area (Å²) < 4.78 is 36.4. The molecule has 1 aliphatic heterocycles. The van der Waals surface area contributed by atoms with Gasteiger partial charge in [-0.05, 0) is 35.9 Å². The van der Waals surface area contributed by atoms with Crippen LogP contribution >= 0.6 is 11.8 Å². The zero-order valence-electron chi connectivity index (χ0n) is 14.9. The Morgan fingerprint density at radius 3 is 2.14 bits per heavy atom. The Kier molecular flexibility index (Phi) is 5.64. The van der Waals surface area contributed by atoms with E-state index in [-0.39, 0.29) is 28.5 Å². The van der Waals surface area contributed by atoms with Crippen LogP contribution in [0.15, 0.2) is 36.4 Å². The third kappa shape index (κ3) is 3.70. The van der Waals surface area contributed by atoms with Gasteiger partial charge in [-0.15, -0.1) is 11.8 Å². The van der Waals surface area contributed by atoms with Crippen molar-refractivity contribution in [3.05, 3.63) is 64.7 Å². The second-order valence-corrected chi connectivity index (χ2v) is 6.92. The summed E-state index contributed by atoms with van der Waals surface area (Å²) in [6, 6.07) is 7.47. The van der Waals surface area contributed by atoms with Crippen molar-refractivity contribution in [1.82, 2.24) is 0 Å². The van der Waals surface area contributed by atoms with Gasteiger partial charge in [0.2, 0.25) is 5.91 Å². The molecule has 0 N–H and O–H groups in total. The molecule has 0 saturated carbocycles. The van der Waals surface area contributed by atoms with Gasteiger partial charge in [0.05, 0.1) is 31.1 Å². The SMILES string of the molecule is COC(=O)c1cc(C(=O)OC)cc(N2C(=O)CSC2c2ccc(F)c(F)c2)c1. The first-order chi connectivity index (χ1) is 13.3. The fourth-order valence-electron chi connectivity index (χ4n) is 2.84. The quantitative estimate of drug-likeness (QED) is 0.724. The van der Waals surface area contributed by atoms with Crippen LogP contribution in [-0.2, 0) is 14.3 Å². The van der Waals surface area contributed by atoms with Gasteiger partial charge in [0, 0.05) is 5.69 Å². The Balaban J connectivity index is 2.10. The molecular weight excluding hydrogens is 392 g/mol. The summed E-state index contributed by atoms with van der Waals surface area (Å²) in [7, 11) is 2.38. The molecule has 0 aromatic heterocycles. The largest absolute Gasteiger partial charge is 0.465 e. The van der Waals surface area contributed by atoms with Crippen LogP contribution in [0.2, 0.25) is 0 Å². The molecule has 9 heteroatoms. The van der Waals surface area contributed by atoms with Crippen LogP contribution in [0.4, 0.5) is 14.5 Å². The van der Waals surface area contributed by atoms with Crippen molar-refractivity contribution in [2.24, 2.45) is 0 Å². The summed E-state index contributed by atoms with van der Waals surface area (Å²) in [6.45, 7) is 0. The number of esters is 2. The van der Waals surface area contributed by atoms with Crippen LogP contribution in [0.3, 0.4) is 0 Å². The summed E-state index contributed by atoms with van der Waals surface area (Å²) in [5.41, 5.74) is 0.717. The molecule has 1 atom stereocenters. The van der Waals surface area contributed by atoms with Gasteiger partial charge in [-0.1, -0.05) is 6.07 Å². The van der Waals surface area contributed by atoms with E-state index in [1.807, 2.05) is 0 Å². The normalized spacial score (nSPS) is 16.2. The third-order valence-corrected chi connectivity index (χ3v) is 5.35. The molecule has 0 bridgehead atoms. The number of hydrogen-bond acceptors (Lipinski definition) is 6. The number of carbonyl (C=O) groups is 3. The zero-order valence-corrected chi connectivity index (χ0v) is 15.7. The lowest BCUT2D eigenvalue weighted by atomic mass is 10.1. The minimum Gasteiger partial charge on any atom is -0.465 e. The molecule has 28 heavy (non-hydrogen) atoms. The highest BCUT2D eigenvalue weighted by atomic mass is 32.2. The summed E-state index contributed by atoms with van der Waals surface area (Å²) in [6.07, 6.45) is 0. The van der Waals surface area contributed by atoms with E-state index < -0.39 is 28.9 Å². The fourth-order valence-corrected chi connectivity index (χ4v) is 4.00. The molecule has 0 aliphatic carbocycles. The Labute approximate surface area is 163 Å². The van der Waals surface area contributed by atoms with Crippen molar-refractivity contribution in [2.75, 3.05) is 24.9 Å². The minimum absolute atomic E-state index is 0.0501. The summed E-state index contributed by atoms with van der Waals surface area (Å²) >= 11 is 1.22. The third-order valence-electron chi connectivity index (χ3n) is 4.13. The van der Waals surface area contributed by atoms with Crippen LogP contribution in [0.1, 0.15) is 31.7 Å². The van der Waals surface area contributed by atoms with Crippen LogP contribution in [-0.4, -0.2) is 37.8 Å². The van der Waals surface area contributed by atoms with Crippen LogP contribution in [0.5, 0.6) is 0 Å². The standard InChI is InChI=1S/C19H15F2NO5S/c1-26-18(24)11-5-12(19(25)27-2)7-13(6-11)22-16(23)9-28-17(22)10-3-4-14(20)15(21)8-10/h3-8,17H,9H2,1-2H3. The van der Waals surface area contributed by atoms with E-state index >= 15 is 0 Å². The molecule has 2 aromatic carbocycles. The molecule has 1 heterocycles. The molecule has 0 radical (unpaired) electrons. The van der Waals surface area contributed by atoms with Gasteiger partial charge in [-0.3, -0.25) is 9.69 Å². The second kappa shape index (κ2) is 7.97. The number of hydrogen-bond donors (Lipinski definition) is 0. The van der Waals surface area contributed by atoms with Gasteiger partial charge < -0.3 is 9.47 Å². The fraction of sp³-hybridized carbons (Fsp3) is 0.211. The number of halogens is 2. The first kappa shape index (κ1) is 19.8. The summed E-state index contributed by atoms with van der Waals surface area (Å²) in [5, 5.41) is -0.652. The lowest BCUT2D eigenvalue weighted by Gasteiger charge is -2.25. The molecule has 1 saturated heterocycles. The zero-order chi connectivity index (χ0) is 20.4. The van der Waals surface area contributed by atoms with Crippen molar-refractivity contribution < 1.29 is 32.6 Å². The molecule has 146 valence electrons. The maximum Gasteiger partial charge on any atom is 0.337 e. The number of rotatable bonds is 4. The highest BCUT2D eigenvalue weighted by Crippen LogP contribution is 2.42. The van der Waals surface area contributed by atoms with E-state index in [1.165, 1.54) is 55.1 Å². The maximum atomic E-state index is 13.7. The van der Waals surface area contributed by atoms with Crippen molar-refractivity contribution >= 4 is 35.3 Å². The van der Waals surface area contributed by atoms with E-state index in [1.54, 1.807) is 0 Å². The van der Waals surface area contributed by atoms with E-state index in [0.29, 0.717) is 5.56 Å². The molecule has 1 amide bonds. The Hall–Kier alpha value is -2.94. The molecule has 6 nitrogen and oxygen atoms in total. The van der Waals surface area contributed by atoms with Gasteiger partial charge in [-0.2, -0.15) is 0 Å². The Morgan fingerprint density at radius 2 is 1.61 bits per heavy atom. The molecule has 1 fully saturated rings. The molecule has 0 spiro atoms. The minimum atomic E-state index is -1.03. The molecule has 1 aliphatic rings. The number of methoxy groups -OCH3 is 2. The number of carbonyl (C=O) groups excluding carboxylic acids is 3. The summed E-state index contributed by atoms with van der Waals surface area (Å²) in [5.74, 6) is -3.63. The number of thioether (sulfide) groups is 1. The number of nitrogens with zero attached hydrogens (tertiary/aromatic N) is 1. The number of amides is 1. The van der Waals surface area contributed by atoms with Crippen molar-refractivity contribution in [2.45, 2.75) is 5.37 Å². The monoisotopic (exact) mass is 407 g/mol. The van der Waals surface area contributed by atoms with Crippen LogP contribution in [0.25, 0.3) is 0 Å². The van der Waals surface area contributed by atoms with E-state index in [2.05, 4.69) is 0 Å². The lowest BCUT2D eigenvalue weighted by molar-refractivity contribution is -0.115. The number of ether oxygens (including phenoxy) is 2. The predicted molar refractivity (Wildman–Crippen MR) is 98.2 cm³/mol. The first-order valence-electron chi connectivity index (χ1n) is 8.06. The Bertz CT molecular complexity index is 931. The topological polar surface area (TPSA) is 72.9 Å². The summed E-state index contributed by atoms with van der Waals surface area (Å²) in [4.78, 5) is 37.8. The average Bonchev–Trinajstić information content (AvgIpc) is 3.09. The highest BCUT2D eigenvalue weighted by Gasteiger charge is 2.35. The smallest absolute Gasteiger partial charge is 0.337 e.